The number of carbonyl (C=O) groups is 2. The molecule has 20 heavy (non-hydrogen) atoms. The van der Waals surface area contributed by atoms with Crippen LogP contribution < -0.4 is 0 Å². The van der Waals surface area contributed by atoms with E-state index in [1.54, 1.807) is 6.92 Å². The molecule has 8 heteroatoms. The zero-order chi connectivity index (χ0) is 15.3. The molecule has 0 heterocycles. The van der Waals surface area contributed by atoms with E-state index in [2.05, 4.69) is 0 Å². The predicted molar refractivity (Wildman–Crippen MR) is 68.2 cm³/mol. The molecule has 7 nitrogen and oxygen atoms in total. The van der Waals surface area contributed by atoms with Gasteiger partial charge in [-0.05, 0) is 26.0 Å². The Morgan fingerprint density at radius 2 is 1.65 bits per heavy atom. The quantitative estimate of drug-likeness (QED) is 0.645. The molecule has 1 N–H and O–H groups in total. The summed E-state index contributed by atoms with van der Waals surface area (Å²) in [4.78, 5) is 22.9. The highest BCUT2D eigenvalue weighted by Crippen LogP contribution is 2.22. The Morgan fingerprint density at radius 1 is 1.10 bits per heavy atom. The summed E-state index contributed by atoms with van der Waals surface area (Å²) in [6.07, 6.45) is 0. The van der Waals surface area contributed by atoms with Crippen molar-refractivity contribution in [3.8, 4) is 0 Å². The maximum absolute atomic E-state index is 11.8. The highest BCUT2D eigenvalue weighted by Gasteiger charge is 2.28. The minimum Gasteiger partial charge on any atom is -0.462 e. The van der Waals surface area contributed by atoms with Crippen LogP contribution in [0.5, 0.6) is 0 Å². The summed E-state index contributed by atoms with van der Waals surface area (Å²) in [7, 11) is -4.68. The third kappa shape index (κ3) is 3.55. The molecule has 0 aromatic heterocycles. The molecule has 0 aliphatic carbocycles. The summed E-state index contributed by atoms with van der Waals surface area (Å²) in [6, 6.07) is 3.45. The van der Waals surface area contributed by atoms with Crippen LogP contribution in [0, 0.1) is 0 Å². The van der Waals surface area contributed by atoms with Gasteiger partial charge in [0.25, 0.3) is 10.1 Å². The van der Waals surface area contributed by atoms with Crippen molar-refractivity contribution >= 4 is 22.1 Å². The van der Waals surface area contributed by atoms with Crippen molar-refractivity contribution in [2.45, 2.75) is 18.7 Å². The molecular weight excluding hydrogens is 288 g/mol. The lowest BCUT2D eigenvalue weighted by atomic mass is 10.1. The van der Waals surface area contributed by atoms with Gasteiger partial charge in [0.05, 0.1) is 24.3 Å². The Morgan fingerprint density at radius 3 is 2.15 bits per heavy atom. The minimum atomic E-state index is -4.68. The van der Waals surface area contributed by atoms with Crippen LogP contribution in [0.3, 0.4) is 0 Å². The first-order valence-electron chi connectivity index (χ1n) is 5.77. The lowest BCUT2D eigenvalue weighted by Crippen LogP contribution is -2.18. The number of rotatable bonds is 5. The SMILES string of the molecule is CCOC(=O)c1cccc(S(=O)(=O)O)c1C(=O)OCC. The average molecular weight is 302 g/mol. The third-order valence-electron chi connectivity index (χ3n) is 2.28. The Hall–Kier alpha value is -1.93. The molecule has 1 aromatic rings. The monoisotopic (exact) mass is 302 g/mol. The van der Waals surface area contributed by atoms with Crippen molar-refractivity contribution in [2.75, 3.05) is 13.2 Å². The summed E-state index contributed by atoms with van der Waals surface area (Å²) >= 11 is 0. The van der Waals surface area contributed by atoms with Gasteiger partial charge >= 0.3 is 11.9 Å². The first-order valence-corrected chi connectivity index (χ1v) is 7.21. The minimum absolute atomic E-state index is 0.0130. The largest absolute Gasteiger partial charge is 0.462 e. The molecule has 0 spiro atoms. The van der Waals surface area contributed by atoms with Crippen LogP contribution in [-0.2, 0) is 19.6 Å². The summed E-state index contributed by atoms with van der Waals surface area (Å²) < 4.78 is 41.2. The Bertz CT molecular complexity index is 619. The summed E-state index contributed by atoms with van der Waals surface area (Å²) in [6.45, 7) is 3.13. The van der Waals surface area contributed by atoms with E-state index in [4.69, 9.17) is 14.0 Å². The van der Waals surface area contributed by atoms with Gasteiger partial charge < -0.3 is 9.47 Å². The molecule has 0 bridgehead atoms. The first kappa shape index (κ1) is 16.1. The van der Waals surface area contributed by atoms with E-state index in [0.29, 0.717) is 0 Å². The summed E-state index contributed by atoms with van der Waals surface area (Å²) in [5, 5.41) is 0. The van der Waals surface area contributed by atoms with Crippen LogP contribution in [-0.4, -0.2) is 38.1 Å². The van der Waals surface area contributed by atoms with E-state index in [1.165, 1.54) is 19.1 Å². The molecular formula is C12H14O7S. The third-order valence-corrected chi connectivity index (χ3v) is 3.18. The highest BCUT2D eigenvalue weighted by atomic mass is 32.2. The van der Waals surface area contributed by atoms with Gasteiger partial charge in [0.15, 0.2) is 0 Å². The molecule has 0 unspecified atom stereocenters. The number of ether oxygens (including phenoxy) is 2. The van der Waals surface area contributed by atoms with Crippen LogP contribution in [0.4, 0.5) is 0 Å². The number of hydrogen-bond donors (Lipinski definition) is 1. The molecule has 0 aliphatic rings. The lowest BCUT2D eigenvalue weighted by Gasteiger charge is -2.11. The van der Waals surface area contributed by atoms with Crippen LogP contribution >= 0.6 is 0 Å². The van der Waals surface area contributed by atoms with E-state index < -0.39 is 32.5 Å². The van der Waals surface area contributed by atoms with Gasteiger partial charge in [-0.3, -0.25) is 4.55 Å². The first-order chi connectivity index (χ1) is 9.32. The van der Waals surface area contributed by atoms with Crippen molar-refractivity contribution in [3.05, 3.63) is 29.3 Å². The second kappa shape index (κ2) is 6.49. The normalized spacial score (nSPS) is 10.9. The van der Waals surface area contributed by atoms with Crippen molar-refractivity contribution < 1.29 is 32.0 Å². The maximum atomic E-state index is 11.8. The van der Waals surface area contributed by atoms with E-state index in [0.717, 1.165) is 6.07 Å². The molecule has 0 amide bonds. The van der Waals surface area contributed by atoms with Gasteiger partial charge in [0.2, 0.25) is 0 Å². The molecule has 0 fully saturated rings. The highest BCUT2D eigenvalue weighted by molar-refractivity contribution is 7.86. The molecule has 1 aromatic carbocycles. The number of carbonyl (C=O) groups excluding carboxylic acids is 2. The Balaban J connectivity index is 3.53. The van der Waals surface area contributed by atoms with E-state index in [1.807, 2.05) is 0 Å². The van der Waals surface area contributed by atoms with Crippen LogP contribution in [0.15, 0.2) is 23.1 Å². The molecule has 110 valence electrons. The summed E-state index contributed by atoms with van der Waals surface area (Å²) in [5.74, 6) is -1.90. The topological polar surface area (TPSA) is 107 Å². The zero-order valence-electron chi connectivity index (χ0n) is 11.0. The predicted octanol–water partition coefficient (Wildman–Crippen LogP) is 1.29. The molecule has 0 saturated carbocycles. The second-order valence-electron chi connectivity index (χ2n) is 3.59. The maximum Gasteiger partial charge on any atom is 0.340 e. The fourth-order valence-corrected chi connectivity index (χ4v) is 2.24. The molecule has 0 atom stereocenters. The Kier molecular flexibility index (Phi) is 5.23. The Labute approximate surface area is 116 Å². The van der Waals surface area contributed by atoms with E-state index in [9.17, 15) is 18.0 Å². The number of esters is 2. The fraction of sp³-hybridized carbons (Fsp3) is 0.333. The smallest absolute Gasteiger partial charge is 0.340 e. The van der Waals surface area contributed by atoms with Crippen molar-refractivity contribution in [2.24, 2.45) is 0 Å². The van der Waals surface area contributed by atoms with Crippen LogP contribution in [0.25, 0.3) is 0 Å². The van der Waals surface area contributed by atoms with Crippen molar-refractivity contribution in [3.63, 3.8) is 0 Å². The molecule has 0 saturated heterocycles. The molecule has 0 aliphatic heterocycles. The zero-order valence-corrected chi connectivity index (χ0v) is 11.8. The lowest BCUT2D eigenvalue weighted by molar-refractivity contribution is 0.0475. The van der Waals surface area contributed by atoms with Gasteiger partial charge in [-0.25, -0.2) is 9.59 Å². The van der Waals surface area contributed by atoms with Crippen molar-refractivity contribution in [1.29, 1.82) is 0 Å². The average Bonchev–Trinajstić information content (AvgIpc) is 2.37. The molecule has 0 radical (unpaired) electrons. The van der Waals surface area contributed by atoms with Gasteiger partial charge in [0.1, 0.15) is 4.90 Å². The van der Waals surface area contributed by atoms with Gasteiger partial charge in [0, 0.05) is 0 Å². The second-order valence-corrected chi connectivity index (χ2v) is 4.98. The molecule has 1 rings (SSSR count). The standard InChI is InChI=1S/C12H14O7S/c1-3-18-11(13)8-6-5-7-9(20(15,16)17)10(8)12(14)19-4-2/h5-7H,3-4H2,1-2H3,(H,15,16,17). The van der Waals surface area contributed by atoms with Crippen LogP contribution in [0.2, 0.25) is 0 Å². The van der Waals surface area contributed by atoms with E-state index in [-0.39, 0.29) is 18.8 Å². The van der Waals surface area contributed by atoms with Crippen LogP contribution in [0.1, 0.15) is 34.6 Å². The fourth-order valence-electron chi connectivity index (χ4n) is 1.54. The van der Waals surface area contributed by atoms with Crippen molar-refractivity contribution in [1.82, 2.24) is 0 Å². The van der Waals surface area contributed by atoms with Gasteiger partial charge in [-0.2, -0.15) is 8.42 Å². The van der Waals surface area contributed by atoms with Gasteiger partial charge in [-0.1, -0.05) is 6.07 Å². The van der Waals surface area contributed by atoms with Gasteiger partial charge in [-0.15, -0.1) is 0 Å². The summed E-state index contributed by atoms with van der Waals surface area (Å²) in [5.41, 5.74) is -0.810. The number of hydrogen-bond acceptors (Lipinski definition) is 6. The number of benzene rings is 1. The van der Waals surface area contributed by atoms with E-state index >= 15 is 0 Å².